The summed E-state index contributed by atoms with van der Waals surface area (Å²) in [4.78, 5) is 6.62. The smallest absolute Gasteiger partial charge is 0.0952 e. The zero-order chi connectivity index (χ0) is 10.1. The summed E-state index contributed by atoms with van der Waals surface area (Å²) in [6, 6.07) is 0.643. The van der Waals surface area contributed by atoms with Crippen LogP contribution in [-0.4, -0.2) is 34.6 Å². The molecule has 1 aliphatic rings. The quantitative estimate of drug-likeness (QED) is 0.732. The van der Waals surface area contributed by atoms with Gasteiger partial charge in [-0.3, -0.25) is 0 Å². The number of hydrogen-bond donors (Lipinski definition) is 1. The zero-order valence-electron chi connectivity index (χ0n) is 8.90. The molecule has 0 aliphatic carbocycles. The molecule has 0 bridgehead atoms. The molecule has 1 aromatic heterocycles. The maximum absolute atomic E-state index is 5.65. The van der Waals surface area contributed by atoms with Gasteiger partial charge in [-0.1, -0.05) is 0 Å². The van der Waals surface area contributed by atoms with Gasteiger partial charge in [-0.25, -0.2) is 4.98 Å². The van der Waals surface area contributed by atoms with Crippen LogP contribution < -0.4 is 5.73 Å². The summed E-state index contributed by atoms with van der Waals surface area (Å²) in [6.45, 7) is 1.63. The molecule has 1 aromatic rings. The molecule has 1 atom stereocenters. The summed E-state index contributed by atoms with van der Waals surface area (Å²) < 4.78 is 2.24. The highest BCUT2D eigenvalue weighted by atomic mass is 15.1. The molecular formula is C10H18N4. The predicted octanol–water partition coefficient (Wildman–Crippen LogP) is 0.218. The van der Waals surface area contributed by atoms with E-state index in [9.17, 15) is 0 Å². The highest BCUT2D eigenvalue weighted by molar-refractivity contribution is 5.16. The normalized spacial score (nSPS) is 21.3. The van der Waals surface area contributed by atoms with Crippen molar-refractivity contribution >= 4 is 0 Å². The Bertz CT molecular complexity index is 302. The Morgan fingerprint density at radius 3 is 3.07 bits per heavy atom. The second-order valence-corrected chi connectivity index (χ2v) is 4.15. The van der Waals surface area contributed by atoms with Gasteiger partial charge in [0.2, 0.25) is 0 Å². The van der Waals surface area contributed by atoms with Crippen molar-refractivity contribution in [3.63, 3.8) is 0 Å². The van der Waals surface area contributed by atoms with E-state index in [1.807, 2.05) is 6.33 Å². The van der Waals surface area contributed by atoms with Crippen molar-refractivity contribution in [1.29, 1.82) is 0 Å². The Hall–Kier alpha value is -0.870. The first-order chi connectivity index (χ1) is 6.72. The van der Waals surface area contributed by atoms with Gasteiger partial charge in [0.15, 0.2) is 0 Å². The van der Waals surface area contributed by atoms with Crippen molar-refractivity contribution in [2.45, 2.75) is 32.0 Å². The number of imidazole rings is 1. The first kappa shape index (κ1) is 9.68. The van der Waals surface area contributed by atoms with Crippen LogP contribution in [0.1, 0.15) is 17.8 Å². The molecule has 1 unspecified atom stereocenters. The third kappa shape index (κ3) is 1.55. The van der Waals surface area contributed by atoms with E-state index in [0.717, 1.165) is 18.7 Å². The lowest BCUT2D eigenvalue weighted by Crippen LogP contribution is -2.35. The van der Waals surface area contributed by atoms with Gasteiger partial charge in [-0.05, 0) is 20.5 Å². The third-order valence-corrected chi connectivity index (χ3v) is 3.09. The Labute approximate surface area is 84.7 Å². The van der Waals surface area contributed by atoms with Gasteiger partial charge in [0, 0.05) is 31.2 Å². The maximum atomic E-state index is 5.65. The van der Waals surface area contributed by atoms with Crippen molar-refractivity contribution in [2.24, 2.45) is 5.73 Å². The van der Waals surface area contributed by atoms with Crippen LogP contribution in [0, 0.1) is 0 Å². The van der Waals surface area contributed by atoms with Gasteiger partial charge >= 0.3 is 0 Å². The Kier molecular flexibility index (Phi) is 2.56. The average molecular weight is 194 g/mol. The van der Waals surface area contributed by atoms with Crippen molar-refractivity contribution in [1.82, 2.24) is 14.5 Å². The number of nitrogens with two attached hydrogens (primary N) is 1. The van der Waals surface area contributed by atoms with Crippen LogP contribution in [0.4, 0.5) is 0 Å². The SMILES string of the molecule is CN(C)C1CCn2cnc(CN)c2C1. The van der Waals surface area contributed by atoms with Gasteiger partial charge in [0.05, 0.1) is 12.0 Å². The number of aromatic nitrogens is 2. The number of likely N-dealkylation sites (N-methyl/N-ethyl adjacent to an activating group) is 1. The molecule has 2 rings (SSSR count). The lowest BCUT2D eigenvalue weighted by Gasteiger charge is -2.29. The summed E-state index contributed by atoms with van der Waals surface area (Å²) >= 11 is 0. The summed E-state index contributed by atoms with van der Waals surface area (Å²) in [5.41, 5.74) is 8.05. The summed E-state index contributed by atoms with van der Waals surface area (Å²) in [5.74, 6) is 0. The number of aryl methyl sites for hydroxylation is 1. The molecular weight excluding hydrogens is 176 g/mol. The van der Waals surface area contributed by atoms with Crippen LogP contribution in [0.25, 0.3) is 0 Å². The highest BCUT2D eigenvalue weighted by Gasteiger charge is 2.22. The fourth-order valence-electron chi connectivity index (χ4n) is 2.10. The van der Waals surface area contributed by atoms with E-state index in [1.165, 1.54) is 12.1 Å². The lowest BCUT2D eigenvalue weighted by molar-refractivity contribution is 0.245. The summed E-state index contributed by atoms with van der Waals surface area (Å²) in [7, 11) is 4.28. The fraction of sp³-hybridized carbons (Fsp3) is 0.700. The van der Waals surface area contributed by atoms with Crippen molar-refractivity contribution < 1.29 is 0 Å². The molecule has 4 nitrogen and oxygen atoms in total. The Morgan fingerprint density at radius 2 is 2.43 bits per heavy atom. The average Bonchev–Trinajstić information content (AvgIpc) is 2.59. The monoisotopic (exact) mass is 194 g/mol. The molecule has 0 aromatic carbocycles. The minimum Gasteiger partial charge on any atom is -0.334 e. The number of rotatable bonds is 2. The second-order valence-electron chi connectivity index (χ2n) is 4.15. The van der Waals surface area contributed by atoms with Crippen molar-refractivity contribution in [3.05, 3.63) is 17.7 Å². The van der Waals surface area contributed by atoms with Gasteiger partial charge in [0.1, 0.15) is 0 Å². The third-order valence-electron chi connectivity index (χ3n) is 3.09. The molecule has 2 N–H and O–H groups in total. The fourth-order valence-corrected chi connectivity index (χ4v) is 2.10. The van der Waals surface area contributed by atoms with E-state index in [2.05, 4.69) is 28.5 Å². The van der Waals surface area contributed by atoms with E-state index >= 15 is 0 Å². The number of fused-ring (bicyclic) bond motifs is 1. The molecule has 1 aliphatic heterocycles. The van der Waals surface area contributed by atoms with Crippen molar-refractivity contribution in [3.8, 4) is 0 Å². The van der Waals surface area contributed by atoms with Gasteiger partial charge in [-0.2, -0.15) is 0 Å². The van der Waals surface area contributed by atoms with Crippen LogP contribution in [0.5, 0.6) is 0 Å². The van der Waals surface area contributed by atoms with Gasteiger partial charge in [-0.15, -0.1) is 0 Å². The van der Waals surface area contributed by atoms with E-state index in [0.29, 0.717) is 12.6 Å². The predicted molar refractivity (Wildman–Crippen MR) is 55.9 cm³/mol. The van der Waals surface area contributed by atoms with Crippen LogP contribution in [0.3, 0.4) is 0 Å². The van der Waals surface area contributed by atoms with Gasteiger partial charge < -0.3 is 15.2 Å². The van der Waals surface area contributed by atoms with Crippen LogP contribution in [-0.2, 0) is 19.5 Å². The molecule has 0 saturated heterocycles. The minimum atomic E-state index is 0.558. The summed E-state index contributed by atoms with van der Waals surface area (Å²) in [6.07, 6.45) is 4.21. The Morgan fingerprint density at radius 1 is 1.64 bits per heavy atom. The maximum Gasteiger partial charge on any atom is 0.0952 e. The van der Waals surface area contributed by atoms with E-state index in [-0.39, 0.29) is 0 Å². The molecule has 78 valence electrons. The van der Waals surface area contributed by atoms with Crippen LogP contribution in [0.2, 0.25) is 0 Å². The van der Waals surface area contributed by atoms with Crippen LogP contribution in [0.15, 0.2) is 6.33 Å². The standard InChI is InChI=1S/C10H18N4/c1-13(2)8-3-4-14-7-12-9(6-11)10(14)5-8/h7-8H,3-6,11H2,1-2H3. The molecule has 0 radical (unpaired) electrons. The van der Waals surface area contributed by atoms with E-state index in [1.54, 1.807) is 0 Å². The number of hydrogen-bond acceptors (Lipinski definition) is 3. The topological polar surface area (TPSA) is 47.1 Å². The molecule has 0 spiro atoms. The van der Waals surface area contributed by atoms with E-state index in [4.69, 9.17) is 5.73 Å². The minimum absolute atomic E-state index is 0.558. The molecule has 4 heteroatoms. The molecule has 0 fully saturated rings. The molecule has 14 heavy (non-hydrogen) atoms. The number of nitrogens with zero attached hydrogens (tertiary/aromatic N) is 3. The second kappa shape index (κ2) is 3.71. The van der Waals surface area contributed by atoms with Crippen molar-refractivity contribution in [2.75, 3.05) is 14.1 Å². The molecule has 2 heterocycles. The van der Waals surface area contributed by atoms with E-state index < -0.39 is 0 Å². The largest absolute Gasteiger partial charge is 0.334 e. The molecule has 0 saturated carbocycles. The highest BCUT2D eigenvalue weighted by Crippen LogP contribution is 2.20. The first-order valence-electron chi connectivity index (χ1n) is 5.11. The van der Waals surface area contributed by atoms with Crippen LogP contribution >= 0.6 is 0 Å². The first-order valence-corrected chi connectivity index (χ1v) is 5.11. The Balaban J connectivity index is 2.23. The summed E-state index contributed by atoms with van der Waals surface area (Å²) in [5, 5.41) is 0. The molecule has 0 amide bonds. The lowest BCUT2D eigenvalue weighted by atomic mass is 10.0. The van der Waals surface area contributed by atoms with Gasteiger partial charge in [0.25, 0.3) is 0 Å². The zero-order valence-corrected chi connectivity index (χ0v) is 8.90.